The summed E-state index contributed by atoms with van der Waals surface area (Å²) in [5, 5.41) is 12.7. The van der Waals surface area contributed by atoms with Crippen LogP contribution in [0.1, 0.15) is 51.7 Å². The van der Waals surface area contributed by atoms with Crippen LogP contribution in [0.4, 0.5) is 0 Å². The fraction of sp³-hybridized carbons (Fsp3) is 0.576. The maximum atomic E-state index is 14.6. The Balaban J connectivity index is 1.63. The molecule has 4 aliphatic rings. The molecule has 2 saturated heterocycles. The number of amides is 3. The van der Waals surface area contributed by atoms with Crippen molar-refractivity contribution < 1.29 is 38.5 Å². The van der Waals surface area contributed by atoms with E-state index in [1.54, 1.807) is 23.1 Å². The number of esters is 1. The summed E-state index contributed by atoms with van der Waals surface area (Å²) in [6.45, 7) is 6.00. The molecule has 7 atom stereocenters. The second-order valence-corrected chi connectivity index (χ2v) is 13.9. The van der Waals surface area contributed by atoms with Crippen LogP contribution >= 0.6 is 15.9 Å². The number of methoxy groups -OCH3 is 1. The van der Waals surface area contributed by atoms with Gasteiger partial charge in [-0.3, -0.25) is 19.2 Å². The van der Waals surface area contributed by atoms with Crippen molar-refractivity contribution in [1.29, 1.82) is 0 Å². The smallest absolute Gasteiger partial charge is 0.313 e. The second-order valence-electron chi connectivity index (χ2n) is 13.0. The number of nitrogens with zero attached hydrogens (tertiary/aromatic N) is 2. The van der Waals surface area contributed by atoms with Gasteiger partial charge in [0.25, 0.3) is 0 Å². The Bertz CT molecular complexity index is 1360. The number of cyclic esters (lactones) is 1. The Morgan fingerprint density at radius 2 is 1.82 bits per heavy atom. The van der Waals surface area contributed by atoms with E-state index in [9.17, 15) is 24.3 Å². The van der Waals surface area contributed by atoms with Crippen molar-refractivity contribution in [3.8, 4) is 0 Å². The lowest BCUT2D eigenvalue weighted by molar-refractivity contribution is -0.162. The number of aliphatic hydroxyl groups is 1. The van der Waals surface area contributed by atoms with Crippen LogP contribution in [0.25, 0.3) is 0 Å². The highest BCUT2D eigenvalue weighted by molar-refractivity contribution is 9.11. The number of nitrogens with one attached hydrogen (secondary N) is 1. The first-order valence-corrected chi connectivity index (χ1v) is 16.2. The number of aliphatic hydroxyl groups excluding tert-OH is 1. The van der Waals surface area contributed by atoms with Gasteiger partial charge in [0, 0.05) is 43.2 Å². The molecule has 244 valence electrons. The number of rotatable bonds is 6. The minimum Gasteiger partial charge on any atom is -0.455 e. The first kappa shape index (κ1) is 33.3. The van der Waals surface area contributed by atoms with Crippen LogP contribution in [0.2, 0.25) is 0 Å². The summed E-state index contributed by atoms with van der Waals surface area (Å²) in [6.07, 6.45) is 4.57. The lowest BCUT2D eigenvalue weighted by Crippen LogP contribution is -2.59. The zero-order chi connectivity index (χ0) is 32.5. The van der Waals surface area contributed by atoms with Crippen molar-refractivity contribution in [2.24, 2.45) is 11.8 Å². The monoisotopic (exact) mass is 687 g/mol. The largest absolute Gasteiger partial charge is 0.455 e. The fourth-order valence-electron chi connectivity index (χ4n) is 6.99. The molecular weight excluding hydrogens is 646 g/mol. The number of likely N-dealkylation sites (tertiary alicyclic amines) is 1. The zero-order valence-electron chi connectivity index (χ0n) is 26.1. The van der Waals surface area contributed by atoms with Gasteiger partial charge in [-0.25, -0.2) is 0 Å². The van der Waals surface area contributed by atoms with Crippen LogP contribution in [-0.2, 0) is 33.4 Å². The summed E-state index contributed by atoms with van der Waals surface area (Å²) < 4.78 is 18.8. The van der Waals surface area contributed by atoms with Crippen molar-refractivity contribution in [3.63, 3.8) is 0 Å². The third kappa shape index (κ3) is 6.22. The maximum absolute atomic E-state index is 14.6. The van der Waals surface area contributed by atoms with Gasteiger partial charge in [0.05, 0.1) is 18.6 Å². The van der Waals surface area contributed by atoms with E-state index in [-0.39, 0.29) is 51.0 Å². The van der Waals surface area contributed by atoms with E-state index < -0.39 is 59.1 Å². The van der Waals surface area contributed by atoms with E-state index in [2.05, 4.69) is 21.2 Å². The normalized spacial score (nSPS) is 33.2. The number of allylic oxidation sites excluding steroid dienone is 1. The first-order chi connectivity index (χ1) is 21.4. The van der Waals surface area contributed by atoms with Crippen molar-refractivity contribution in [3.05, 3.63) is 58.6 Å². The van der Waals surface area contributed by atoms with Gasteiger partial charge in [-0.1, -0.05) is 58.4 Å². The van der Waals surface area contributed by atoms with Crippen LogP contribution in [0, 0.1) is 11.8 Å². The van der Waals surface area contributed by atoms with E-state index in [1.807, 2.05) is 51.1 Å². The lowest BCUT2D eigenvalue weighted by Gasteiger charge is -2.41. The van der Waals surface area contributed by atoms with Crippen molar-refractivity contribution in [2.45, 2.75) is 75.5 Å². The standard InChI is InChI=1S/C33H42BrN3O8/c1-32(2,3)37-16-10-6-9-14-23(39)35-22(19-43-4)26(20-12-7-5-8-13-20)44-31(42)24-25-29(40)36(15-11-17-38)28(30(37)41)33(25)18-21(34)27(24)45-33/h5-8,10,12-13,18,22,24-28,38H,9,11,14-17,19H2,1-4H3,(H,35,39)/b10-6-/t22-,24+,25-,26-,27+,28+,33-/m0/s1. The van der Waals surface area contributed by atoms with Crippen molar-refractivity contribution in [1.82, 2.24) is 15.1 Å². The minimum absolute atomic E-state index is 0.0704. The molecule has 11 nitrogen and oxygen atoms in total. The molecular formula is C33H42BrN3O8. The van der Waals surface area contributed by atoms with Crippen LogP contribution in [-0.4, -0.2) is 101 Å². The molecule has 3 amide bonds. The highest BCUT2D eigenvalue weighted by atomic mass is 79.9. The molecule has 0 aliphatic carbocycles. The summed E-state index contributed by atoms with van der Waals surface area (Å²) in [4.78, 5) is 59.4. The van der Waals surface area contributed by atoms with Gasteiger partial charge >= 0.3 is 5.97 Å². The highest BCUT2D eigenvalue weighted by Crippen LogP contribution is 2.59. The molecule has 0 aromatic heterocycles. The molecule has 12 heteroatoms. The number of hydrogen-bond acceptors (Lipinski definition) is 8. The third-order valence-electron chi connectivity index (χ3n) is 8.99. The molecule has 5 rings (SSSR count). The first-order valence-electron chi connectivity index (χ1n) is 15.4. The molecule has 1 aromatic carbocycles. The third-order valence-corrected chi connectivity index (χ3v) is 9.67. The molecule has 2 N–H and O–H groups in total. The molecule has 4 aliphatic heterocycles. The zero-order valence-corrected chi connectivity index (χ0v) is 27.7. The SMILES string of the molecule is COC[C@@H]1NC(=O)CC/C=C\CN(C(C)(C)C)C(=O)[C@H]2N(CCCO)C(=O)[C@@H]3[C@@H](C(=O)O[C@H]1c1ccccc1)[C@@H]1O[C@@]32C=C1Br. The number of halogens is 1. The Kier molecular flexibility index (Phi) is 9.88. The molecule has 5 bridgehead atoms. The molecule has 1 aromatic rings. The topological polar surface area (TPSA) is 135 Å². The summed E-state index contributed by atoms with van der Waals surface area (Å²) >= 11 is 3.57. The van der Waals surface area contributed by atoms with Crippen molar-refractivity contribution in [2.75, 3.05) is 33.4 Å². The van der Waals surface area contributed by atoms with E-state index >= 15 is 0 Å². The summed E-state index contributed by atoms with van der Waals surface area (Å²) in [5.74, 6) is -3.72. The van der Waals surface area contributed by atoms with Gasteiger partial charge in [0.2, 0.25) is 17.7 Å². The minimum atomic E-state index is -1.42. The van der Waals surface area contributed by atoms with E-state index in [4.69, 9.17) is 14.2 Å². The predicted octanol–water partition coefficient (Wildman–Crippen LogP) is 2.63. The Hall–Kier alpha value is -3.06. The van der Waals surface area contributed by atoms with Gasteiger partial charge in [-0.2, -0.15) is 0 Å². The quantitative estimate of drug-likeness (QED) is 0.345. The second kappa shape index (κ2) is 13.4. The molecule has 1 spiro atoms. The average Bonchev–Trinajstić information content (AvgIpc) is 3.58. The molecule has 0 saturated carbocycles. The van der Waals surface area contributed by atoms with Crippen LogP contribution in [0.3, 0.4) is 0 Å². The number of fused-ring (bicyclic) bond motifs is 2. The maximum Gasteiger partial charge on any atom is 0.313 e. The van der Waals surface area contributed by atoms with E-state index in [0.717, 1.165) is 0 Å². The molecule has 2 fully saturated rings. The average molecular weight is 689 g/mol. The van der Waals surface area contributed by atoms with Crippen LogP contribution in [0.5, 0.6) is 0 Å². The summed E-state index contributed by atoms with van der Waals surface area (Å²) in [6, 6.07) is 7.30. The fourth-order valence-corrected chi connectivity index (χ4v) is 7.73. The number of benzene rings is 1. The van der Waals surface area contributed by atoms with Gasteiger partial charge in [-0.05, 0) is 45.3 Å². The number of hydrogen-bond donors (Lipinski definition) is 2. The Morgan fingerprint density at radius 3 is 2.49 bits per heavy atom. The van der Waals surface area contributed by atoms with Gasteiger partial charge < -0.3 is 34.4 Å². The van der Waals surface area contributed by atoms with Crippen molar-refractivity contribution >= 4 is 39.6 Å². The highest BCUT2D eigenvalue weighted by Gasteiger charge is 2.75. The predicted molar refractivity (Wildman–Crippen MR) is 168 cm³/mol. The van der Waals surface area contributed by atoms with Gasteiger partial charge in [0.15, 0.2) is 0 Å². The molecule has 4 heterocycles. The summed E-state index contributed by atoms with van der Waals surface area (Å²) in [7, 11) is 1.51. The lowest BCUT2D eigenvalue weighted by atomic mass is 9.74. The van der Waals surface area contributed by atoms with Gasteiger partial charge in [-0.15, -0.1) is 0 Å². The molecule has 0 radical (unpaired) electrons. The van der Waals surface area contributed by atoms with Crippen LogP contribution < -0.4 is 5.32 Å². The molecule has 45 heavy (non-hydrogen) atoms. The van der Waals surface area contributed by atoms with E-state index in [1.165, 1.54) is 12.0 Å². The molecule has 0 unspecified atom stereocenters. The summed E-state index contributed by atoms with van der Waals surface area (Å²) in [5.41, 5.74) is -1.40. The Morgan fingerprint density at radius 1 is 1.09 bits per heavy atom. The Labute approximate surface area is 272 Å². The number of carbonyl (C=O) groups is 4. The van der Waals surface area contributed by atoms with E-state index in [0.29, 0.717) is 16.5 Å². The van der Waals surface area contributed by atoms with Gasteiger partial charge in [0.1, 0.15) is 29.8 Å². The number of carbonyl (C=O) groups excluding carboxylic acids is 4. The van der Waals surface area contributed by atoms with Crippen LogP contribution in [0.15, 0.2) is 53.0 Å². The number of ether oxygens (including phenoxy) is 3.